The Balaban J connectivity index is 1.74. The van der Waals surface area contributed by atoms with Crippen LogP contribution < -0.4 is 10.1 Å². The molecule has 1 aromatic carbocycles. The van der Waals surface area contributed by atoms with Gasteiger partial charge in [0.1, 0.15) is 17.8 Å². The second kappa shape index (κ2) is 8.16. The SMILES string of the molecule is CCC1CCCCN1C(=O)CN1C(=O)NC(C)(c2ccc(OC(F)(F)F)cc2)C1=O. The number of urea groups is 1. The largest absolute Gasteiger partial charge is 0.573 e. The number of carbonyl (C=O) groups excluding carboxylic acids is 3. The molecule has 2 atom stereocenters. The number of hydrogen-bond acceptors (Lipinski definition) is 4. The van der Waals surface area contributed by atoms with Crippen molar-refractivity contribution in [2.24, 2.45) is 0 Å². The molecular formula is C20H24F3N3O4. The maximum absolute atomic E-state index is 13.0. The summed E-state index contributed by atoms with van der Waals surface area (Å²) < 4.78 is 40.8. The molecule has 2 aliphatic heterocycles. The first kappa shape index (κ1) is 21.9. The van der Waals surface area contributed by atoms with Crippen LogP contribution in [-0.2, 0) is 15.1 Å². The summed E-state index contributed by atoms with van der Waals surface area (Å²) in [6.45, 7) is 3.67. The Bertz CT molecular complexity index is 828. The van der Waals surface area contributed by atoms with E-state index >= 15 is 0 Å². The molecule has 1 N–H and O–H groups in total. The summed E-state index contributed by atoms with van der Waals surface area (Å²) in [5, 5.41) is 2.55. The molecule has 2 fully saturated rings. The van der Waals surface area contributed by atoms with Crippen LogP contribution in [0.4, 0.5) is 18.0 Å². The highest BCUT2D eigenvalue weighted by Crippen LogP contribution is 2.31. The van der Waals surface area contributed by atoms with Crippen molar-refractivity contribution in [3.8, 4) is 5.75 Å². The van der Waals surface area contributed by atoms with Gasteiger partial charge in [-0.2, -0.15) is 0 Å². The summed E-state index contributed by atoms with van der Waals surface area (Å²) >= 11 is 0. The van der Waals surface area contributed by atoms with Gasteiger partial charge in [-0.15, -0.1) is 13.2 Å². The number of ether oxygens (including phenoxy) is 1. The summed E-state index contributed by atoms with van der Waals surface area (Å²) in [7, 11) is 0. The molecule has 0 radical (unpaired) electrons. The van der Waals surface area contributed by atoms with Crippen LogP contribution in [0.25, 0.3) is 0 Å². The average molecular weight is 427 g/mol. The third kappa shape index (κ3) is 4.36. The third-order valence-corrected chi connectivity index (χ3v) is 5.65. The predicted octanol–water partition coefficient (Wildman–Crippen LogP) is 3.14. The number of alkyl halides is 3. The molecule has 0 aliphatic carbocycles. The van der Waals surface area contributed by atoms with E-state index in [1.165, 1.54) is 19.1 Å². The van der Waals surface area contributed by atoms with Crippen LogP contribution >= 0.6 is 0 Å². The molecule has 2 heterocycles. The maximum atomic E-state index is 13.0. The first-order valence-corrected chi connectivity index (χ1v) is 9.85. The van der Waals surface area contributed by atoms with E-state index in [0.717, 1.165) is 42.7 Å². The number of carbonyl (C=O) groups is 3. The van der Waals surface area contributed by atoms with Crippen molar-refractivity contribution in [2.45, 2.75) is 57.5 Å². The van der Waals surface area contributed by atoms with Gasteiger partial charge in [0.05, 0.1) is 0 Å². The number of hydrogen-bond donors (Lipinski definition) is 1. The van der Waals surface area contributed by atoms with Crippen LogP contribution in [0.15, 0.2) is 24.3 Å². The molecule has 2 aliphatic rings. The molecule has 1 aromatic rings. The first-order chi connectivity index (χ1) is 14.0. The lowest BCUT2D eigenvalue weighted by Crippen LogP contribution is -2.49. The normalized spacial score (nSPS) is 24.8. The van der Waals surface area contributed by atoms with Crippen LogP contribution in [0, 0.1) is 0 Å². The van der Waals surface area contributed by atoms with E-state index in [9.17, 15) is 27.6 Å². The van der Waals surface area contributed by atoms with Gasteiger partial charge < -0.3 is 15.0 Å². The van der Waals surface area contributed by atoms with Crippen molar-refractivity contribution in [2.75, 3.05) is 13.1 Å². The van der Waals surface area contributed by atoms with Crippen molar-refractivity contribution in [1.82, 2.24) is 15.1 Å². The van der Waals surface area contributed by atoms with E-state index in [4.69, 9.17) is 0 Å². The molecule has 0 saturated carbocycles. The van der Waals surface area contributed by atoms with Crippen LogP contribution in [0.5, 0.6) is 5.75 Å². The van der Waals surface area contributed by atoms with Gasteiger partial charge in [0.25, 0.3) is 5.91 Å². The molecule has 30 heavy (non-hydrogen) atoms. The fourth-order valence-corrected chi connectivity index (χ4v) is 4.01. The number of imide groups is 1. The van der Waals surface area contributed by atoms with Crippen molar-refractivity contribution in [3.63, 3.8) is 0 Å². The van der Waals surface area contributed by atoms with E-state index in [0.29, 0.717) is 6.54 Å². The van der Waals surface area contributed by atoms with Gasteiger partial charge in [0.2, 0.25) is 5.91 Å². The second-order valence-electron chi connectivity index (χ2n) is 7.66. The fraction of sp³-hybridized carbons (Fsp3) is 0.550. The Morgan fingerprint density at radius 2 is 1.90 bits per heavy atom. The monoisotopic (exact) mass is 427 g/mol. The summed E-state index contributed by atoms with van der Waals surface area (Å²) in [5.74, 6) is -1.35. The van der Waals surface area contributed by atoms with Gasteiger partial charge in [-0.1, -0.05) is 19.1 Å². The molecule has 2 saturated heterocycles. The summed E-state index contributed by atoms with van der Waals surface area (Å²) in [4.78, 5) is 40.8. The van der Waals surface area contributed by atoms with Gasteiger partial charge in [0.15, 0.2) is 0 Å². The van der Waals surface area contributed by atoms with Gasteiger partial charge in [-0.05, 0) is 50.3 Å². The average Bonchev–Trinajstić information content (AvgIpc) is 2.91. The summed E-state index contributed by atoms with van der Waals surface area (Å²) in [6.07, 6.45) is -1.21. The van der Waals surface area contributed by atoms with Crippen LogP contribution in [0.3, 0.4) is 0 Å². The minimum absolute atomic E-state index is 0.0968. The standard InChI is InChI=1S/C20H24F3N3O4/c1-3-14-6-4-5-11-25(14)16(27)12-26-17(28)19(2,24-18(26)29)13-7-9-15(10-8-13)30-20(21,22)23/h7-10,14H,3-6,11-12H2,1-2H3,(H,24,29). The molecule has 10 heteroatoms. The molecule has 164 valence electrons. The smallest absolute Gasteiger partial charge is 0.406 e. The number of nitrogens with one attached hydrogen (secondary N) is 1. The number of rotatable bonds is 5. The van der Waals surface area contributed by atoms with Crippen molar-refractivity contribution < 1.29 is 32.3 Å². The van der Waals surface area contributed by atoms with Crippen LogP contribution in [0.2, 0.25) is 0 Å². The lowest BCUT2D eigenvalue weighted by Gasteiger charge is -2.36. The number of halogens is 3. The lowest BCUT2D eigenvalue weighted by atomic mass is 9.92. The third-order valence-electron chi connectivity index (χ3n) is 5.65. The Kier molecular flexibility index (Phi) is 5.96. The molecule has 3 rings (SSSR count). The summed E-state index contributed by atoms with van der Waals surface area (Å²) in [5.41, 5.74) is -1.20. The van der Waals surface area contributed by atoms with Crippen molar-refractivity contribution >= 4 is 17.8 Å². The zero-order valence-electron chi connectivity index (χ0n) is 16.8. The fourth-order valence-electron chi connectivity index (χ4n) is 4.01. The van der Waals surface area contributed by atoms with E-state index in [1.54, 1.807) is 4.90 Å². The predicted molar refractivity (Wildman–Crippen MR) is 100 cm³/mol. The molecule has 0 aromatic heterocycles. The zero-order chi connectivity index (χ0) is 22.1. The van der Waals surface area contributed by atoms with Crippen LogP contribution in [-0.4, -0.2) is 53.1 Å². The number of piperidine rings is 1. The van der Waals surface area contributed by atoms with Gasteiger partial charge in [-0.25, -0.2) is 4.79 Å². The Morgan fingerprint density at radius 1 is 1.23 bits per heavy atom. The van der Waals surface area contributed by atoms with Gasteiger partial charge >= 0.3 is 12.4 Å². The molecule has 2 unspecified atom stereocenters. The first-order valence-electron chi connectivity index (χ1n) is 9.85. The topological polar surface area (TPSA) is 79.0 Å². The molecular weight excluding hydrogens is 403 g/mol. The second-order valence-corrected chi connectivity index (χ2v) is 7.66. The number of amides is 4. The van der Waals surface area contributed by atoms with Crippen molar-refractivity contribution in [3.05, 3.63) is 29.8 Å². The van der Waals surface area contributed by atoms with Crippen molar-refractivity contribution in [1.29, 1.82) is 0 Å². The minimum Gasteiger partial charge on any atom is -0.406 e. The van der Waals surface area contributed by atoms with E-state index in [2.05, 4.69) is 10.1 Å². The molecule has 4 amide bonds. The lowest BCUT2D eigenvalue weighted by molar-refractivity contribution is -0.274. The highest BCUT2D eigenvalue weighted by Gasteiger charge is 2.50. The van der Waals surface area contributed by atoms with Gasteiger partial charge in [-0.3, -0.25) is 14.5 Å². The van der Waals surface area contributed by atoms with E-state index in [1.807, 2.05) is 6.92 Å². The van der Waals surface area contributed by atoms with E-state index in [-0.39, 0.29) is 24.1 Å². The highest BCUT2D eigenvalue weighted by molar-refractivity contribution is 6.09. The van der Waals surface area contributed by atoms with Gasteiger partial charge in [0, 0.05) is 12.6 Å². The zero-order valence-corrected chi connectivity index (χ0v) is 16.8. The Morgan fingerprint density at radius 3 is 2.50 bits per heavy atom. The summed E-state index contributed by atoms with van der Waals surface area (Å²) in [6, 6.07) is 4.09. The number of benzene rings is 1. The maximum Gasteiger partial charge on any atom is 0.573 e. The quantitative estimate of drug-likeness (QED) is 0.733. The van der Waals surface area contributed by atoms with Crippen LogP contribution in [0.1, 0.15) is 45.1 Å². The molecule has 0 bridgehead atoms. The number of likely N-dealkylation sites (tertiary alicyclic amines) is 1. The molecule has 7 nitrogen and oxygen atoms in total. The Hall–Kier alpha value is -2.78. The highest BCUT2D eigenvalue weighted by atomic mass is 19.4. The van der Waals surface area contributed by atoms with E-state index < -0.39 is 29.6 Å². The Labute approximate surface area is 172 Å². The minimum atomic E-state index is -4.83. The molecule has 0 spiro atoms. The number of nitrogens with zero attached hydrogens (tertiary/aromatic N) is 2.